The maximum absolute atomic E-state index is 10.3. The average Bonchev–Trinajstić information content (AvgIpc) is 2.38. The molecule has 1 unspecified atom stereocenters. The quantitative estimate of drug-likeness (QED) is 0.852. The normalized spacial score (nSPS) is 14.2. The lowest BCUT2D eigenvalue weighted by Crippen LogP contribution is -2.36. The second kappa shape index (κ2) is 5.65. The highest BCUT2D eigenvalue weighted by Crippen LogP contribution is 2.23. The van der Waals surface area contributed by atoms with Crippen molar-refractivity contribution in [3.05, 3.63) is 70.2 Å². The number of halogens is 1. The largest absolute Gasteiger partial charge is 0.372 e. The van der Waals surface area contributed by atoms with Gasteiger partial charge in [0.2, 0.25) is 0 Å². The first-order valence-corrected chi connectivity index (χ1v) is 6.68. The van der Waals surface area contributed by atoms with Crippen molar-refractivity contribution >= 4 is 15.9 Å². The topological polar surface area (TPSA) is 46.2 Å². The molecule has 0 aliphatic carbocycles. The third-order valence-electron chi connectivity index (χ3n) is 2.98. The van der Waals surface area contributed by atoms with Crippen LogP contribution in [0.3, 0.4) is 0 Å². The molecule has 18 heavy (non-hydrogen) atoms. The van der Waals surface area contributed by atoms with E-state index in [0.29, 0.717) is 6.42 Å². The molecule has 0 radical (unpaired) electrons. The number of aryl methyl sites for hydroxylation is 1. The van der Waals surface area contributed by atoms with Crippen molar-refractivity contribution in [2.75, 3.05) is 0 Å². The van der Waals surface area contributed by atoms with Crippen molar-refractivity contribution in [2.24, 2.45) is 5.73 Å². The highest BCUT2D eigenvalue weighted by molar-refractivity contribution is 9.10. The summed E-state index contributed by atoms with van der Waals surface area (Å²) in [4.78, 5) is 0. The van der Waals surface area contributed by atoms with Gasteiger partial charge in [0.1, 0.15) is 5.72 Å². The highest BCUT2D eigenvalue weighted by atomic mass is 79.9. The molecule has 0 aliphatic heterocycles. The molecule has 2 aromatic rings. The van der Waals surface area contributed by atoms with Gasteiger partial charge in [-0.15, -0.1) is 0 Å². The van der Waals surface area contributed by atoms with Crippen LogP contribution in [-0.4, -0.2) is 5.11 Å². The van der Waals surface area contributed by atoms with Gasteiger partial charge in [-0.2, -0.15) is 0 Å². The highest BCUT2D eigenvalue weighted by Gasteiger charge is 2.23. The zero-order valence-corrected chi connectivity index (χ0v) is 11.6. The Labute approximate surface area is 116 Å². The zero-order valence-electron chi connectivity index (χ0n) is 10.0. The molecule has 3 heteroatoms. The lowest BCUT2D eigenvalue weighted by Gasteiger charge is -2.23. The van der Waals surface area contributed by atoms with E-state index in [-0.39, 0.29) is 0 Å². The van der Waals surface area contributed by atoms with Gasteiger partial charge in [-0.1, -0.05) is 58.4 Å². The molecule has 0 heterocycles. The molecule has 0 bridgehead atoms. The molecule has 0 saturated heterocycles. The summed E-state index contributed by atoms with van der Waals surface area (Å²) in [5.41, 5.74) is 6.61. The summed E-state index contributed by atoms with van der Waals surface area (Å²) < 4.78 is 0.977. The number of rotatable bonds is 4. The molecule has 94 valence electrons. The summed E-state index contributed by atoms with van der Waals surface area (Å²) in [6, 6.07) is 17.5. The molecule has 0 aromatic heterocycles. The molecule has 0 amide bonds. The first kappa shape index (κ1) is 13.3. The Morgan fingerprint density at radius 2 is 1.61 bits per heavy atom. The van der Waals surface area contributed by atoms with Gasteiger partial charge >= 0.3 is 0 Å². The fourth-order valence-electron chi connectivity index (χ4n) is 1.86. The maximum Gasteiger partial charge on any atom is 0.139 e. The van der Waals surface area contributed by atoms with Gasteiger partial charge in [-0.05, 0) is 36.1 Å². The van der Waals surface area contributed by atoms with Crippen LogP contribution in [0.1, 0.15) is 17.5 Å². The Hall–Kier alpha value is -1.16. The van der Waals surface area contributed by atoms with Crippen molar-refractivity contribution in [1.29, 1.82) is 0 Å². The van der Waals surface area contributed by atoms with Gasteiger partial charge in [-0.25, -0.2) is 0 Å². The second-order valence-corrected chi connectivity index (χ2v) is 5.33. The molecular weight excluding hydrogens is 290 g/mol. The van der Waals surface area contributed by atoms with Crippen LogP contribution in [0.4, 0.5) is 0 Å². The van der Waals surface area contributed by atoms with E-state index in [2.05, 4.69) is 15.9 Å². The second-order valence-electron chi connectivity index (χ2n) is 4.42. The van der Waals surface area contributed by atoms with Crippen molar-refractivity contribution < 1.29 is 5.11 Å². The SMILES string of the molecule is NC(O)(CCc1ccccc1)c1ccc(Br)cc1. The Morgan fingerprint density at radius 3 is 2.22 bits per heavy atom. The summed E-state index contributed by atoms with van der Waals surface area (Å²) in [6.07, 6.45) is 1.25. The van der Waals surface area contributed by atoms with E-state index in [1.165, 1.54) is 5.56 Å². The summed E-state index contributed by atoms with van der Waals surface area (Å²) in [7, 11) is 0. The average molecular weight is 306 g/mol. The van der Waals surface area contributed by atoms with Crippen molar-refractivity contribution in [3.63, 3.8) is 0 Å². The lowest BCUT2D eigenvalue weighted by atomic mass is 9.96. The molecule has 2 rings (SSSR count). The Morgan fingerprint density at radius 1 is 1.00 bits per heavy atom. The minimum atomic E-state index is -1.28. The maximum atomic E-state index is 10.3. The van der Waals surface area contributed by atoms with Crippen LogP contribution in [0.5, 0.6) is 0 Å². The third-order valence-corrected chi connectivity index (χ3v) is 3.51. The van der Waals surface area contributed by atoms with Crippen LogP contribution in [0, 0.1) is 0 Å². The minimum Gasteiger partial charge on any atom is -0.372 e. The summed E-state index contributed by atoms with van der Waals surface area (Å²) in [5, 5.41) is 10.3. The molecule has 2 nitrogen and oxygen atoms in total. The molecule has 0 fully saturated rings. The third kappa shape index (κ3) is 3.42. The van der Waals surface area contributed by atoms with Gasteiger partial charge in [-0.3, -0.25) is 5.73 Å². The number of aliphatic hydroxyl groups is 1. The van der Waals surface area contributed by atoms with Crippen LogP contribution in [-0.2, 0) is 12.1 Å². The van der Waals surface area contributed by atoms with E-state index < -0.39 is 5.72 Å². The van der Waals surface area contributed by atoms with E-state index in [0.717, 1.165) is 16.5 Å². The van der Waals surface area contributed by atoms with Crippen molar-refractivity contribution in [1.82, 2.24) is 0 Å². The van der Waals surface area contributed by atoms with E-state index in [4.69, 9.17) is 5.73 Å². The first-order valence-electron chi connectivity index (χ1n) is 5.89. The van der Waals surface area contributed by atoms with E-state index in [1.807, 2.05) is 54.6 Å². The fraction of sp³-hybridized carbons (Fsp3) is 0.200. The van der Waals surface area contributed by atoms with E-state index >= 15 is 0 Å². The van der Waals surface area contributed by atoms with Crippen LogP contribution < -0.4 is 5.73 Å². The van der Waals surface area contributed by atoms with Crippen LogP contribution in [0.15, 0.2) is 59.1 Å². The van der Waals surface area contributed by atoms with Crippen LogP contribution in [0.25, 0.3) is 0 Å². The van der Waals surface area contributed by atoms with E-state index in [1.54, 1.807) is 0 Å². The smallest absolute Gasteiger partial charge is 0.139 e. The van der Waals surface area contributed by atoms with Crippen LogP contribution >= 0.6 is 15.9 Å². The molecule has 0 aliphatic rings. The molecule has 3 N–H and O–H groups in total. The van der Waals surface area contributed by atoms with Gasteiger partial charge in [0.05, 0.1) is 0 Å². The van der Waals surface area contributed by atoms with Crippen molar-refractivity contribution in [2.45, 2.75) is 18.6 Å². The predicted molar refractivity (Wildman–Crippen MR) is 77.0 cm³/mol. The number of hydrogen-bond acceptors (Lipinski definition) is 2. The standard InChI is InChI=1S/C15H16BrNO/c16-14-8-6-13(7-9-14)15(17,18)11-10-12-4-2-1-3-5-12/h1-9,18H,10-11,17H2. The van der Waals surface area contributed by atoms with Gasteiger partial charge in [0.15, 0.2) is 0 Å². The monoisotopic (exact) mass is 305 g/mol. The number of nitrogens with two attached hydrogens (primary N) is 1. The van der Waals surface area contributed by atoms with Gasteiger partial charge < -0.3 is 5.11 Å². The molecular formula is C15H16BrNO. The Balaban J connectivity index is 2.05. The zero-order chi connectivity index (χ0) is 13.0. The Bertz CT molecular complexity index is 494. The van der Waals surface area contributed by atoms with Gasteiger partial charge in [0, 0.05) is 4.47 Å². The predicted octanol–water partition coefficient (Wildman–Crippen LogP) is 3.19. The molecule has 0 saturated carbocycles. The Kier molecular flexibility index (Phi) is 4.17. The number of benzene rings is 2. The molecule has 1 atom stereocenters. The number of hydrogen-bond donors (Lipinski definition) is 2. The van der Waals surface area contributed by atoms with E-state index in [9.17, 15) is 5.11 Å². The summed E-state index contributed by atoms with van der Waals surface area (Å²) in [6.45, 7) is 0. The molecule has 0 spiro atoms. The van der Waals surface area contributed by atoms with Gasteiger partial charge in [0.25, 0.3) is 0 Å². The van der Waals surface area contributed by atoms with Crippen LogP contribution in [0.2, 0.25) is 0 Å². The minimum absolute atomic E-state index is 0.499. The lowest BCUT2D eigenvalue weighted by molar-refractivity contribution is 0.0345. The summed E-state index contributed by atoms with van der Waals surface area (Å²) in [5.74, 6) is 0. The molecule has 2 aromatic carbocycles. The fourth-order valence-corrected chi connectivity index (χ4v) is 2.13. The van der Waals surface area contributed by atoms with Crippen molar-refractivity contribution in [3.8, 4) is 0 Å². The first-order chi connectivity index (χ1) is 8.58. The summed E-state index contributed by atoms with van der Waals surface area (Å²) >= 11 is 3.37.